The van der Waals surface area contributed by atoms with Crippen molar-refractivity contribution in [3.05, 3.63) is 65.3 Å². The van der Waals surface area contributed by atoms with Crippen LogP contribution >= 0.6 is 11.3 Å². The molecule has 15 nitrogen and oxygen atoms in total. The highest BCUT2D eigenvalue weighted by Crippen LogP contribution is 2.35. The molecular weight excluding hydrogens is 657 g/mol. The van der Waals surface area contributed by atoms with Gasteiger partial charge in [-0.15, -0.1) is 21.5 Å². The second-order valence-corrected chi connectivity index (χ2v) is 13.5. The molecule has 50 heavy (non-hydrogen) atoms. The topological polar surface area (TPSA) is 167 Å². The number of aromatic nitrogens is 9. The lowest BCUT2D eigenvalue weighted by atomic mass is 9.90. The van der Waals surface area contributed by atoms with E-state index in [1.54, 1.807) is 34.5 Å². The van der Waals surface area contributed by atoms with Crippen molar-refractivity contribution in [3.63, 3.8) is 0 Å². The number of anilines is 2. The van der Waals surface area contributed by atoms with Gasteiger partial charge in [0, 0.05) is 55.1 Å². The minimum Gasteiger partial charge on any atom is -0.487 e. The maximum Gasteiger partial charge on any atom is 0.256 e. The monoisotopic (exact) mass is 696 g/mol. The van der Waals surface area contributed by atoms with Crippen LogP contribution < -0.4 is 14.8 Å². The fraction of sp³-hybridized carbons (Fsp3) is 0.471. The van der Waals surface area contributed by atoms with E-state index in [1.165, 1.54) is 6.33 Å². The molecular formula is C34H40N12O3S. The van der Waals surface area contributed by atoms with Crippen LogP contribution in [0.2, 0.25) is 0 Å². The summed E-state index contributed by atoms with van der Waals surface area (Å²) in [6.45, 7) is 6.55. The summed E-state index contributed by atoms with van der Waals surface area (Å²) in [6, 6.07) is 8.54. The summed E-state index contributed by atoms with van der Waals surface area (Å²) in [7, 11) is 0. The molecule has 1 atom stereocenters. The van der Waals surface area contributed by atoms with Crippen LogP contribution in [0.25, 0.3) is 11.1 Å². The van der Waals surface area contributed by atoms with Crippen molar-refractivity contribution in [1.29, 1.82) is 5.26 Å². The van der Waals surface area contributed by atoms with Crippen LogP contribution in [0, 0.1) is 11.3 Å². The van der Waals surface area contributed by atoms with Gasteiger partial charge in [-0.1, -0.05) is 6.07 Å². The quantitative estimate of drug-likeness (QED) is 0.159. The van der Waals surface area contributed by atoms with E-state index in [1.807, 2.05) is 36.8 Å². The van der Waals surface area contributed by atoms with Crippen molar-refractivity contribution in [1.82, 2.24) is 49.8 Å². The van der Waals surface area contributed by atoms with Gasteiger partial charge in [0.1, 0.15) is 29.9 Å². The minimum atomic E-state index is -0.270. The van der Waals surface area contributed by atoms with Crippen LogP contribution in [0.1, 0.15) is 55.6 Å². The Kier molecular flexibility index (Phi) is 10.8. The zero-order valence-corrected chi connectivity index (χ0v) is 28.8. The SMILES string of the molecule is CC(Cn1cnnn1)Oc1cc(-c2cnc(Nc3cn(C4CCC(N5CCOCC5)CC4)nc3OCCCc3nccs3)nc2)ccc1C#N. The smallest absolute Gasteiger partial charge is 0.256 e. The molecule has 1 aliphatic carbocycles. The van der Waals surface area contributed by atoms with Crippen molar-refractivity contribution in [2.75, 3.05) is 38.2 Å². The maximum atomic E-state index is 9.68. The van der Waals surface area contributed by atoms with E-state index >= 15 is 0 Å². The number of ether oxygens (including phenoxy) is 3. The molecule has 1 saturated heterocycles. The fourth-order valence-corrected chi connectivity index (χ4v) is 7.15. The molecule has 1 N–H and O–H groups in total. The molecule has 0 spiro atoms. The Morgan fingerprint density at radius 3 is 2.64 bits per heavy atom. The number of nitriles is 1. The van der Waals surface area contributed by atoms with E-state index in [0.717, 1.165) is 86.7 Å². The third kappa shape index (κ3) is 8.41. The number of aryl methyl sites for hydroxylation is 1. The zero-order chi connectivity index (χ0) is 34.1. The van der Waals surface area contributed by atoms with Gasteiger partial charge in [0.2, 0.25) is 5.95 Å². The van der Waals surface area contributed by atoms with E-state index in [-0.39, 0.29) is 6.10 Å². The number of thiazole rings is 1. The molecule has 1 aromatic carbocycles. The number of nitrogens with zero attached hydrogens (tertiary/aromatic N) is 11. The number of hydrogen-bond acceptors (Lipinski definition) is 14. The largest absolute Gasteiger partial charge is 0.487 e. The minimum absolute atomic E-state index is 0.270. The maximum absolute atomic E-state index is 9.68. The van der Waals surface area contributed by atoms with Crippen LogP contribution in [-0.4, -0.2) is 94.9 Å². The van der Waals surface area contributed by atoms with Gasteiger partial charge >= 0.3 is 0 Å². The van der Waals surface area contributed by atoms with E-state index in [4.69, 9.17) is 19.3 Å². The number of nitrogens with one attached hydrogen (secondary N) is 1. The Balaban J connectivity index is 1.03. The third-order valence-electron chi connectivity index (χ3n) is 9.06. The number of hydrogen-bond donors (Lipinski definition) is 1. The predicted octanol–water partition coefficient (Wildman–Crippen LogP) is 4.69. The first-order chi connectivity index (χ1) is 24.6. The summed E-state index contributed by atoms with van der Waals surface area (Å²) in [5.74, 6) is 1.43. The van der Waals surface area contributed by atoms with Crippen molar-refractivity contribution in [3.8, 4) is 28.8 Å². The van der Waals surface area contributed by atoms with Crippen LogP contribution in [0.4, 0.5) is 11.6 Å². The summed E-state index contributed by atoms with van der Waals surface area (Å²) >= 11 is 1.66. The van der Waals surface area contributed by atoms with Gasteiger partial charge in [-0.05, 0) is 67.2 Å². The molecule has 16 heteroatoms. The highest BCUT2D eigenvalue weighted by Gasteiger charge is 2.29. The van der Waals surface area contributed by atoms with Crippen LogP contribution in [-0.2, 0) is 17.7 Å². The first-order valence-electron chi connectivity index (χ1n) is 17.0. The Morgan fingerprint density at radius 2 is 1.90 bits per heavy atom. The van der Waals surface area contributed by atoms with Crippen molar-refractivity contribution in [2.45, 2.75) is 70.2 Å². The molecule has 0 bridgehead atoms. The molecule has 0 radical (unpaired) electrons. The second-order valence-electron chi connectivity index (χ2n) is 12.5. The lowest BCUT2D eigenvalue weighted by molar-refractivity contribution is 0.00503. The third-order valence-corrected chi connectivity index (χ3v) is 9.89. The van der Waals surface area contributed by atoms with Gasteiger partial charge in [-0.3, -0.25) is 9.58 Å². The highest BCUT2D eigenvalue weighted by atomic mass is 32.1. The summed E-state index contributed by atoms with van der Waals surface area (Å²) in [4.78, 5) is 16.2. The molecule has 4 aromatic heterocycles. The van der Waals surface area contributed by atoms with Gasteiger partial charge in [0.15, 0.2) is 0 Å². The number of tetrazole rings is 1. The van der Waals surface area contributed by atoms with Crippen LogP contribution in [0.5, 0.6) is 11.6 Å². The normalized spacial score (nSPS) is 18.7. The van der Waals surface area contributed by atoms with Gasteiger partial charge in [-0.25, -0.2) is 19.6 Å². The molecule has 1 unspecified atom stereocenters. The second kappa shape index (κ2) is 16.2. The number of benzene rings is 1. The van der Waals surface area contributed by atoms with Crippen molar-refractivity contribution in [2.24, 2.45) is 0 Å². The van der Waals surface area contributed by atoms with Gasteiger partial charge in [-0.2, -0.15) is 5.26 Å². The van der Waals surface area contributed by atoms with Crippen LogP contribution in [0.15, 0.2) is 54.7 Å². The van der Waals surface area contributed by atoms with E-state index in [2.05, 4.69) is 51.4 Å². The summed E-state index contributed by atoms with van der Waals surface area (Å²) in [6.07, 6.45) is 14.7. The van der Waals surface area contributed by atoms with Gasteiger partial charge < -0.3 is 19.5 Å². The predicted molar refractivity (Wildman–Crippen MR) is 185 cm³/mol. The van der Waals surface area contributed by atoms with Crippen LogP contribution in [0.3, 0.4) is 0 Å². The Bertz CT molecular complexity index is 1830. The van der Waals surface area contributed by atoms with E-state index in [0.29, 0.717) is 48.4 Å². The standard InChI is InChI=1S/C34H40N12O3S/c1-24(21-45-23-39-42-43-45)49-31-17-25(4-5-26(31)18-35)27-19-37-34(38-20-27)40-30-22-46(41-33(30)48-13-2-3-32-36-10-16-50-32)29-8-6-28(7-9-29)44-11-14-47-15-12-44/h4-5,10,16-17,19-20,22-24,28-29H,2-3,6-9,11-15,21H2,1H3,(H,37,38,40). The summed E-state index contributed by atoms with van der Waals surface area (Å²) in [5, 5.41) is 32.3. The van der Waals surface area contributed by atoms with Crippen molar-refractivity contribution < 1.29 is 14.2 Å². The summed E-state index contributed by atoms with van der Waals surface area (Å²) in [5.41, 5.74) is 2.77. The average molecular weight is 697 g/mol. The molecule has 5 aromatic rings. The molecule has 5 heterocycles. The molecule has 1 saturated carbocycles. The van der Waals surface area contributed by atoms with Gasteiger partial charge in [0.25, 0.3) is 5.88 Å². The van der Waals surface area contributed by atoms with Crippen molar-refractivity contribution >= 4 is 23.0 Å². The first-order valence-corrected chi connectivity index (χ1v) is 17.9. The average Bonchev–Trinajstić information content (AvgIpc) is 3.95. The van der Waals surface area contributed by atoms with E-state index < -0.39 is 0 Å². The van der Waals surface area contributed by atoms with Gasteiger partial charge in [0.05, 0.1) is 49.2 Å². The fourth-order valence-electron chi connectivity index (χ4n) is 6.49. The zero-order valence-electron chi connectivity index (χ0n) is 28.0. The molecule has 0 amide bonds. The summed E-state index contributed by atoms with van der Waals surface area (Å²) < 4.78 is 21.6. The molecule has 260 valence electrons. The molecule has 7 rings (SSSR count). The highest BCUT2D eigenvalue weighted by molar-refractivity contribution is 7.09. The molecule has 2 fully saturated rings. The Morgan fingerprint density at radius 1 is 1.08 bits per heavy atom. The lowest BCUT2D eigenvalue weighted by Crippen LogP contribution is -2.45. The number of rotatable bonds is 14. The molecule has 2 aliphatic rings. The first kappa shape index (κ1) is 33.5. The molecule has 1 aliphatic heterocycles. The Labute approximate surface area is 294 Å². The number of morpholine rings is 1. The lowest BCUT2D eigenvalue weighted by Gasteiger charge is -2.38. The Hall–Kier alpha value is -4.98. The van der Waals surface area contributed by atoms with E-state index in [9.17, 15) is 5.26 Å².